The van der Waals surface area contributed by atoms with Crippen LogP contribution in [0.15, 0.2) is 12.3 Å². The molecule has 0 radical (unpaired) electrons. The Morgan fingerprint density at radius 2 is 2.31 bits per heavy atom. The van der Waals surface area contributed by atoms with Gasteiger partial charge in [0.05, 0.1) is 0 Å². The Kier molecular flexibility index (Phi) is 2.98. The standard InChI is InChI=1S/C8H13F2N3/c1-2-13-7(3-6-12-13)8(9,10)4-5-11/h3,6H,2,4-5,11H2,1H3. The van der Waals surface area contributed by atoms with Crippen molar-refractivity contribution >= 4 is 0 Å². The van der Waals surface area contributed by atoms with Crippen LogP contribution in [0.25, 0.3) is 0 Å². The van der Waals surface area contributed by atoms with E-state index in [9.17, 15) is 8.78 Å². The summed E-state index contributed by atoms with van der Waals surface area (Å²) in [6.45, 7) is 2.19. The second kappa shape index (κ2) is 3.83. The zero-order chi connectivity index (χ0) is 9.90. The highest BCUT2D eigenvalue weighted by Gasteiger charge is 2.33. The Bertz CT molecular complexity index is 270. The van der Waals surface area contributed by atoms with Gasteiger partial charge in [0.25, 0.3) is 5.92 Å². The van der Waals surface area contributed by atoms with Crippen LogP contribution in [0.2, 0.25) is 0 Å². The minimum absolute atomic E-state index is 0.0259. The van der Waals surface area contributed by atoms with E-state index < -0.39 is 5.92 Å². The Morgan fingerprint density at radius 3 is 2.85 bits per heavy atom. The highest BCUT2D eigenvalue weighted by Crippen LogP contribution is 2.30. The van der Waals surface area contributed by atoms with Crippen molar-refractivity contribution in [2.45, 2.75) is 25.8 Å². The van der Waals surface area contributed by atoms with Crippen LogP contribution in [-0.4, -0.2) is 16.3 Å². The smallest absolute Gasteiger partial charge is 0.290 e. The van der Waals surface area contributed by atoms with Crippen molar-refractivity contribution in [3.05, 3.63) is 18.0 Å². The lowest BCUT2D eigenvalue weighted by Crippen LogP contribution is -2.22. The zero-order valence-corrected chi connectivity index (χ0v) is 7.50. The van der Waals surface area contributed by atoms with E-state index in [0.717, 1.165) is 0 Å². The molecule has 0 spiro atoms. The van der Waals surface area contributed by atoms with E-state index in [1.807, 2.05) is 0 Å². The Morgan fingerprint density at radius 1 is 1.62 bits per heavy atom. The molecule has 0 aliphatic carbocycles. The third-order valence-electron chi connectivity index (χ3n) is 1.85. The number of nitrogens with two attached hydrogens (primary N) is 1. The van der Waals surface area contributed by atoms with Gasteiger partial charge in [-0.25, -0.2) is 0 Å². The van der Waals surface area contributed by atoms with Crippen molar-refractivity contribution in [2.24, 2.45) is 5.73 Å². The molecule has 1 aromatic rings. The van der Waals surface area contributed by atoms with E-state index in [2.05, 4.69) is 5.10 Å². The van der Waals surface area contributed by atoms with Crippen molar-refractivity contribution < 1.29 is 8.78 Å². The molecule has 1 heterocycles. The predicted molar refractivity (Wildman–Crippen MR) is 45.5 cm³/mol. The van der Waals surface area contributed by atoms with Gasteiger partial charge in [0.15, 0.2) is 0 Å². The largest absolute Gasteiger partial charge is 0.330 e. The first-order valence-electron chi connectivity index (χ1n) is 4.22. The maximum absolute atomic E-state index is 13.3. The summed E-state index contributed by atoms with van der Waals surface area (Å²) in [6, 6.07) is 1.33. The van der Waals surface area contributed by atoms with Crippen molar-refractivity contribution in [1.29, 1.82) is 0 Å². The van der Waals surface area contributed by atoms with Gasteiger partial charge in [0.2, 0.25) is 0 Å². The van der Waals surface area contributed by atoms with Gasteiger partial charge in [-0.2, -0.15) is 13.9 Å². The van der Waals surface area contributed by atoms with Gasteiger partial charge in [-0.1, -0.05) is 0 Å². The SMILES string of the molecule is CCn1nccc1C(F)(F)CCN. The molecule has 2 N–H and O–H groups in total. The van der Waals surface area contributed by atoms with Crippen LogP contribution >= 0.6 is 0 Å². The van der Waals surface area contributed by atoms with E-state index in [-0.39, 0.29) is 18.7 Å². The highest BCUT2D eigenvalue weighted by molar-refractivity contribution is 5.08. The molecule has 0 aliphatic rings. The monoisotopic (exact) mass is 189 g/mol. The molecular formula is C8H13F2N3. The van der Waals surface area contributed by atoms with E-state index in [4.69, 9.17) is 5.73 Å². The van der Waals surface area contributed by atoms with Crippen molar-refractivity contribution in [3.8, 4) is 0 Å². The van der Waals surface area contributed by atoms with E-state index >= 15 is 0 Å². The van der Waals surface area contributed by atoms with Crippen LogP contribution < -0.4 is 5.73 Å². The van der Waals surface area contributed by atoms with Gasteiger partial charge in [0.1, 0.15) is 5.69 Å². The number of aryl methyl sites for hydroxylation is 1. The molecule has 0 saturated carbocycles. The van der Waals surface area contributed by atoms with E-state index in [1.54, 1.807) is 6.92 Å². The lowest BCUT2D eigenvalue weighted by atomic mass is 10.1. The number of alkyl halides is 2. The summed E-state index contributed by atoms with van der Waals surface area (Å²) in [5.41, 5.74) is 5.05. The first-order chi connectivity index (χ1) is 6.11. The van der Waals surface area contributed by atoms with Crippen LogP contribution in [0.4, 0.5) is 8.78 Å². The second-order valence-corrected chi connectivity index (χ2v) is 2.78. The molecule has 0 unspecified atom stereocenters. The van der Waals surface area contributed by atoms with Crippen molar-refractivity contribution in [3.63, 3.8) is 0 Å². The Balaban J connectivity index is 2.91. The van der Waals surface area contributed by atoms with Gasteiger partial charge in [-0.3, -0.25) is 4.68 Å². The molecule has 0 saturated heterocycles. The van der Waals surface area contributed by atoms with Gasteiger partial charge < -0.3 is 5.73 Å². The lowest BCUT2D eigenvalue weighted by Gasteiger charge is -2.16. The van der Waals surface area contributed by atoms with Gasteiger partial charge in [0, 0.05) is 19.2 Å². The minimum atomic E-state index is -2.86. The molecule has 0 amide bonds. The van der Waals surface area contributed by atoms with Crippen LogP contribution in [0.1, 0.15) is 19.0 Å². The zero-order valence-electron chi connectivity index (χ0n) is 7.50. The molecule has 1 rings (SSSR count). The summed E-state index contributed by atoms with van der Waals surface area (Å²) in [7, 11) is 0. The fraction of sp³-hybridized carbons (Fsp3) is 0.625. The highest BCUT2D eigenvalue weighted by atomic mass is 19.3. The topological polar surface area (TPSA) is 43.8 Å². The minimum Gasteiger partial charge on any atom is -0.330 e. The Hall–Kier alpha value is -0.970. The van der Waals surface area contributed by atoms with Crippen LogP contribution in [0.5, 0.6) is 0 Å². The molecule has 0 aromatic carbocycles. The number of halogens is 2. The normalized spacial score (nSPS) is 12.0. The summed E-state index contributed by atoms with van der Waals surface area (Å²) in [6.07, 6.45) is 1.04. The number of nitrogens with zero attached hydrogens (tertiary/aromatic N) is 2. The molecule has 74 valence electrons. The molecule has 13 heavy (non-hydrogen) atoms. The first-order valence-corrected chi connectivity index (χ1v) is 4.22. The average molecular weight is 189 g/mol. The van der Waals surface area contributed by atoms with Gasteiger partial charge >= 0.3 is 0 Å². The molecule has 5 heteroatoms. The molecule has 0 atom stereocenters. The maximum atomic E-state index is 13.3. The molecule has 0 bridgehead atoms. The van der Waals surface area contributed by atoms with Crippen LogP contribution in [0, 0.1) is 0 Å². The van der Waals surface area contributed by atoms with Gasteiger partial charge in [-0.05, 0) is 19.5 Å². The van der Waals surface area contributed by atoms with Crippen molar-refractivity contribution in [2.75, 3.05) is 6.54 Å². The molecule has 0 aliphatic heterocycles. The van der Waals surface area contributed by atoms with E-state index in [0.29, 0.717) is 6.54 Å². The fourth-order valence-corrected chi connectivity index (χ4v) is 1.20. The first kappa shape index (κ1) is 10.1. The Labute approximate surface area is 75.5 Å². The lowest BCUT2D eigenvalue weighted by molar-refractivity contribution is -0.0195. The summed E-state index contributed by atoms with van der Waals surface area (Å²) >= 11 is 0. The summed E-state index contributed by atoms with van der Waals surface area (Å²) in [5, 5.41) is 3.78. The summed E-state index contributed by atoms with van der Waals surface area (Å²) < 4.78 is 27.9. The number of hydrogen-bond donors (Lipinski definition) is 1. The second-order valence-electron chi connectivity index (χ2n) is 2.78. The number of hydrogen-bond acceptors (Lipinski definition) is 2. The summed E-state index contributed by atoms with van der Waals surface area (Å²) in [4.78, 5) is 0. The van der Waals surface area contributed by atoms with E-state index in [1.165, 1.54) is 16.9 Å². The van der Waals surface area contributed by atoms with Crippen LogP contribution in [-0.2, 0) is 12.5 Å². The van der Waals surface area contributed by atoms with Crippen molar-refractivity contribution in [1.82, 2.24) is 9.78 Å². The maximum Gasteiger partial charge on any atom is 0.290 e. The third kappa shape index (κ3) is 2.03. The quantitative estimate of drug-likeness (QED) is 0.776. The molecular weight excluding hydrogens is 176 g/mol. The summed E-state index contributed by atoms with van der Waals surface area (Å²) in [5.74, 6) is -2.86. The van der Waals surface area contributed by atoms with Gasteiger partial charge in [-0.15, -0.1) is 0 Å². The number of aromatic nitrogens is 2. The molecule has 3 nitrogen and oxygen atoms in total. The van der Waals surface area contributed by atoms with Crippen LogP contribution in [0.3, 0.4) is 0 Å². The third-order valence-corrected chi connectivity index (χ3v) is 1.85. The molecule has 1 aromatic heterocycles. The number of rotatable bonds is 4. The average Bonchev–Trinajstić information content (AvgIpc) is 2.51. The fourth-order valence-electron chi connectivity index (χ4n) is 1.20. The predicted octanol–water partition coefficient (Wildman–Crippen LogP) is 1.34. The molecule has 0 fully saturated rings.